The van der Waals surface area contributed by atoms with Crippen molar-refractivity contribution in [1.29, 1.82) is 0 Å². The van der Waals surface area contributed by atoms with E-state index in [1.807, 2.05) is 0 Å². The molecule has 1 atom stereocenters. The summed E-state index contributed by atoms with van der Waals surface area (Å²) in [5.41, 5.74) is 0.504. The molecule has 1 aromatic rings. The summed E-state index contributed by atoms with van der Waals surface area (Å²) < 4.78 is 0. The van der Waals surface area contributed by atoms with Gasteiger partial charge in [0.2, 0.25) is 5.91 Å². The van der Waals surface area contributed by atoms with E-state index >= 15 is 0 Å². The lowest BCUT2D eigenvalue weighted by Gasteiger charge is -2.37. The van der Waals surface area contributed by atoms with Crippen LogP contribution in [-0.2, 0) is 16.0 Å². The third kappa shape index (κ3) is 3.56. The van der Waals surface area contributed by atoms with Gasteiger partial charge in [0.15, 0.2) is 5.13 Å². The van der Waals surface area contributed by atoms with E-state index < -0.39 is 5.97 Å². The first kappa shape index (κ1) is 15.0. The highest BCUT2D eigenvalue weighted by Gasteiger charge is 2.37. The van der Waals surface area contributed by atoms with Crippen LogP contribution in [0.1, 0.15) is 45.2 Å². The van der Waals surface area contributed by atoms with Gasteiger partial charge in [-0.25, -0.2) is 4.98 Å². The summed E-state index contributed by atoms with van der Waals surface area (Å²) >= 11 is 1.28. The molecular weight excluding hydrogens is 276 g/mol. The molecule has 110 valence electrons. The highest BCUT2D eigenvalue weighted by molar-refractivity contribution is 7.13. The van der Waals surface area contributed by atoms with E-state index in [-0.39, 0.29) is 23.7 Å². The van der Waals surface area contributed by atoms with Gasteiger partial charge in [0.05, 0.1) is 12.1 Å². The minimum absolute atomic E-state index is 0.00285. The maximum Gasteiger partial charge on any atom is 0.309 e. The van der Waals surface area contributed by atoms with Gasteiger partial charge in [0.1, 0.15) is 0 Å². The molecule has 0 saturated heterocycles. The summed E-state index contributed by atoms with van der Waals surface area (Å²) in [6, 6.07) is 0. The van der Waals surface area contributed by atoms with Gasteiger partial charge in [0, 0.05) is 11.3 Å². The van der Waals surface area contributed by atoms with Crippen molar-refractivity contribution < 1.29 is 14.7 Å². The van der Waals surface area contributed by atoms with Crippen LogP contribution in [-0.4, -0.2) is 22.0 Å². The molecule has 2 rings (SSSR count). The zero-order chi connectivity index (χ0) is 14.8. The minimum atomic E-state index is -0.915. The molecule has 0 radical (unpaired) electrons. The Morgan fingerprint density at radius 1 is 1.50 bits per heavy atom. The van der Waals surface area contributed by atoms with Crippen molar-refractivity contribution in [3.05, 3.63) is 11.1 Å². The van der Waals surface area contributed by atoms with E-state index in [0.717, 1.165) is 19.3 Å². The van der Waals surface area contributed by atoms with Gasteiger partial charge in [-0.15, -0.1) is 11.3 Å². The number of rotatable bonds is 4. The number of nitrogens with zero attached hydrogens (tertiary/aromatic N) is 1. The van der Waals surface area contributed by atoms with Gasteiger partial charge < -0.3 is 10.4 Å². The fourth-order valence-electron chi connectivity index (χ4n) is 2.77. The Balaban J connectivity index is 2.00. The first-order valence-electron chi connectivity index (χ1n) is 6.85. The van der Waals surface area contributed by atoms with Gasteiger partial charge in [-0.1, -0.05) is 26.7 Å². The molecule has 1 aromatic heterocycles. The fourth-order valence-corrected chi connectivity index (χ4v) is 3.49. The van der Waals surface area contributed by atoms with Crippen molar-refractivity contribution in [1.82, 2.24) is 4.98 Å². The van der Waals surface area contributed by atoms with E-state index in [4.69, 9.17) is 5.11 Å². The number of hydrogen-bond donors (Lipinski definition) is 2. The van der Waals surface area contributed by atoms with E-state index in [9.17, 15) is 9.59 Å². The molecule has 1 aliphatic carbocycles. The summed E-state index contributed by atoms with van der Waals surface area (Å²) in [7, 11) is 0. The van der Waals surface area contributed by atoms with Crippen molar-refractivity contribution in [2.45, 2.75) is 46.0 Å². The second-order valence-corrected chi connectivity index (χ2v) is 6.85. The van der Waals surface area contributed by atoms with Crippen LogP contribution in [0.15, 0.2) is 5.38 Å². The first-order valence-corrected chi connectivity index (χ1v) is 7.73. The number of carboxylic acid groups (broad SMARTS) is 1. The maximum atomic E-state index is 12.4. The van der Waals surface area contributed by atoms with Crippen molar-refractivity contribution in [2.24, 2.45) is 11.3 Å². The molecule has 1 aliphatic rings. The third-order valence-corrected chi connectivity index (χ3v) is 4.74. The van der Waals surface area contributed by atoms with E-state index in [1.165, 1.54) is 17.8 Å². The topological polar surface area (TPSA) is 79.3 Å². The standard InChI is InChI=1S/C14H20N2O3S/c1-14(2)6-4-3-5-10(14)12(19)16-13-15-9(8-20-13)7-11(17)18/h8,10H,3-7H2,1-2H3,(H,17,18)(H,15,16,19). The number of carbonyl (C=O) groups is 2. The van der Waals surface area contributed by atoms with Crippen LogP contribution in [0.25, 0.3) is 0 Å². The van der Waals surface area contributed by atoms with Gasteiger partial charge in [-0.05, 0) is 18.3 Å². The fraction of sp³-hybridized carbons (Fsp3) is 0.643. The quantitative estimate of drug-likeness (QED) is 0.895. The van der Waals surface area contributed by atoms with Crippen LogP contribution in [0, 0.1) is 11.3 Å². The number of amides is 1. The van der Waals surface area contributed by atoms with Crippen LogP contribution in [0.5, 0.6) is 0 Å². The normalized spacial score (nSPS) is 21.4. The SMILES string of the molecule is CC1(C)CCCCC1C(=O)Nc1nc(CC(=O)O)cs1. The number of aromatic nitrogens is 1. The van der Waals surface area contributed by atoms with Crippen molar-refractivity contribution in [2.75, 3.05) is 5.32 Å². The second kappa shape index (κ2) is 5.91. The zero-order valence-corrected chi connectivity index (χ0v) is 12.6. The van der Waals surface area contributed by atoms with Crippen LogP contribution in [0.4, 0.5) is 5.13 Å². The average molecular weight is 296 g/mol. The van der Waals surface area contributed by atoms with E-state index in [2.05, 4.69) is 24.1 Å². The van der Waals surface area contributed by atoms with Gasteiger partial charge in [0.25, 0.3) is 0 Å². The largest absolute Gasteiger partial charge is 0.481 e. The predicted molar refractivity (Wildman–Crippen MR) is 77.8 cm³/mol. The highest BCUT2D eigenvalue weighted by atomic mass is 32.1. The lowest BCUT2D eigenvalue weighted by molar-refractivity contribution is -0.136. The number of carboxylic acids is 1. The number of aliphatic carboxylic acids is 1. The molecule has 6 heteroatoms. The van der Waals surface area contributed by atoms with Crippen LogP contribution >= 0.6 is 11.3 Å². The molecule has 1 fully saturated rings. The smallest absolute Gasteiger partial charge is 0.309 e. The second-order valence-electron chi connectivity index (χ2n) is 5.99. The third-order valence-electron chi connectivity index (χ3n) is 3.94. The number of anilines is 1. The summed E-state index contributed by atoms with van der Waals surface area (Å²) in [4.78, 5) is 27.1. The Labute approximate surface area is 122 Å². The summed E-state index contributed by atoms with van der Waals surface area (Å²) in [6.07, 6.45) is 4.13. The van der Waals surface area contributed by atoms with Gasteiger partial charge in [-0.3, -0.25) is 9.59 Å². The summed E-state index contributed by atoms with van der Waals surface area (Å²) in [6.45, 7) is 4.27. The first-order chi connectivity index (χ1) is 9.38. The Bertz CT molecular complexity index is 510. The molecule has 1 unspecified atom stereocenters. The van der Waals surface area contributed by atoms with Crippen molar-refractivity contribution >= 4 is 28.3 Å². The number of thiazole rings is 1. The molecular formula is C14H20N2O3S. The monoisotopic (exact) mass is 296 g/mol. The van der Waals surface area contributed by atoms with E-state index in [0.29, 0.717) is 10.8 Å². The minimum Gasteiger partial charge on any atom is -0.481 e. The summed E-state index contributed by atoms with van der Waals surface area (Å²) in [5, 5.41) is 13.7. The maximum absolute atomic E-state index is 12.4. The lowest BCUT2D eigenvalue weighted by atomic mass is 9.68. The Kier molecular flexibility index (Phi) is 4.42. The highest BCUT2D eigenvalue weighted by Crippen LogP contribution is 2.41. The molecule has 5 nitrogen and oxygen atoms in total. The van der Waals surface area contributed by atoms with Crippen LogP contribution < -0.4 is 5.32 Å². The molecule has 1 amide bonds. The van der Waals surface area contributed by atoms with Gasteiger partial charge >= 0.3 is 5.97 Å². The zero-order valence-electron chi connectivity index (χ0n) is 11.8. The Morgan fingerprint density at radius 2 is 2.25 bits per heavy atom. The van der Waals surface area contributed by atoms with Crippen molar-refractivity contribution in [3.8, 4) is 0 Å². The number of carbonyl (C=O) groups excluding carboxylic acids is 1. The predicted octanol–water partition coefficient (Wildman–Crippen LogP) is 2.93. The average Bonchev–Trinajstić information content (AvgIpc) is 2.74. The van der Waals surface area contributed by atoms with Crippen LogP contribution in [0.2, 0.25) is 0 Å². The Morgan fingerprint density at radius 3 is 2.90 bits per heavy atom. The molecule has 0 aliphatic heterocycles. The molecule has 0 spiro atoms. The molecule has 0 aromatic carbocycles. The van der Waals surface area contributed by atoms with Crippen LogP contribution in [0.3, 0.4) is 0 Å². The van der Waals surface area contributed by atoms with Crippen molar-refractivity contribution in [3.63, 3.8) is 0 Å². The molecule has 2 N–H and O–H groups in total. The Hall–Kier alpha value is -1.43. The molecule has 1 heterocycles. The van der Waals surface area contributed by atoms with E-state index in [1.54, 1.807) is 5.38 Å². The molecule has 20 heavy (non-hydrogen) atoms. The number of hydrogen-bond acceptors (Lipinski definition) is 4. The lowest BCUT2D eigenvalue weighted by Crippen LogP contribution is -2.37. The number of nitrogens with one attached hydrogen (secondary N) is 1. The molecule has 1 saturated carbocycles. The molecule has 0 bridgehead atoms. The van der Waals surface area contributed by atoms with Gasteiger partial charge in [-0.2, -0.15) is 0 Å². The summed E-state index contributed by atoms with van der Waals surface area (Å²) in [5.74, 6) is -0.907.